The van der Waals surface area contributed by atoms with Crippen molar-refractivity contribution in [2.75, 3.05) is 14.2 Å². The van der Waals surface area contributed by atoms with E-state index >= 15 is 0 Å². The average Bonchev–Trinajstić information content (AvgIpc) is 3.11. The Balaban J connectivity index is 2.02. The summed E-state index contributed by atoms with van der Waals surface area (Å²) < 4.78 is 18.3. The Hall–Kier alpha value is -3.54. The van der Waals surface area contributed by atoms with Gasteiger partial charge in [-0.1, -0.05) is 12.1 Å². The van der Waals surface area contributed by atoms with Gasteiger partial charge in [0.15, 0.2) is 0 Å². The van der Waals surface area contributed by atoms with Gasteiger partial charge in [0.25, 0.3) is 0 Å². The zero-order valence-corrected chi connectivity index (χ0v) is 15.3. The molecule has 0 aliphatic rings. The largest absolute Gasteiger partial charge is 0.497 e. The molecule has 2 aromatic heterocycles. The van der Waals surface area contributed by atoms with Crippen LogP contribution in [0.15, 0.2) is 59.3 Å². The van der Waals surface area contributed by atoms with Crippen molar-refractivity contribution in [2.24, 2.45) is 7.05 Å². The molecule has 0 aliphatic heterocycles. The molecule has 0 radical (unpaired) electrons. The zero-order chi connectivity index (χ0) is 19.0. The minimum atomic E-state index is 0.342. The van der Waals surface area contributed by atoms with E-state index in [1.807, 2.05) is 48.5 Å². The number of rotatable bonds is 4. The summed E-state index contributed by atoms with van der Waals surface area (Å²) in [4.78, 5) is 4.37. The molecule has 136 valence electrons. The predicted octanol–water partition coefficient (Wildman–Crippen LogP) is 4.00. The maximum absolute atomic E-state index is 8.51. The highest BCUT2D eigenvalue weighted by Gasteiger charge is 2.20. The molecule has 0 unspecified atom stereocenters. The summed E-state index contributed by atoms with van der Waals surface area (Å²) in [6.07, 6.45) is 1.59. The van der Waals surface area contributed by atoms with Crippen LogP contribution in [-0.4, -0.2) is 23.8 Å². The van der Waals surface area contributed by atoms with Crippen molar-refractivity contribution < 1.29 is 13.9 Å². The predicted molar refractivity (Wildman–Crippen MR) is 103 cm³/mol. The standard InChI is InChI=1S/C21H19N3O3/c1-24-12-23-21-18(20(24)22)17(13-4-8-15(25-2)9-5-13)19(27-21)14-6-10-16(26-3)11-7-14/h4-12,22H,1-3H3. The van der Waals surface area contributed by atoms with E-state index in [1.54, 1.807) is 32.2 Å². The molecule has 6 nitrogen and oxygen atoms in total. The van der Waals surface area contributed by atoms with Crippen LogP contribution in [0.4, 0.5) is 0 Å². The van der Waals surface area contributed by atoms with Gasteiger partial charge in [0.1, 0.15) is 22.7 Å². The van der Waals surface area contributed by atoms with Crippen LogP contribution in [0.5, 0.6) is 11.5 Å². The number of nitrogens with one attached hydrogen (secondary N) is 1. The number of fused-ring (bicyclic) bond motifs is 1. The van der Waals surface area contributed by atoms with Crippen LogP contribution in [0.1, 0.15) is 0 Å². The highest BCUT2D eigenvalue weighted by Crippen LogP contribution is 2.39. The van der Waals surface area contributed by atoms with Gasteiger partial charge in [-0.25, -0.2) is 4.98 Å². The third-order valence-electron chi connectivity index (χ3n) is 4.56. The molecule has 6 heteroatoms. The smallest absolute Gasteiger partial charge is 0.232 e. The summed E-state index contributed by atoms with van der Waals surface area (Å²) >= 11 is 0. The maximum atomic E-state index is 8.51. The van der Waals surface area contributed by atoms with Crippen molar-refractivity contribution in [3.63, 3.8) is 0 Å². The van der Waals surface area contributed by atoms with Crippen LogP contribution >= 0.6 is 0 Å². The molecule has 0 saturated carbocycles. The molecule has 0 bridgehead atoms. The van der Waals surface area contributed by atoms with Gasteiger partial charge in [-0.05, 0) is 42.0 Å². The molecule has 2 aromatic carbocycles. The number of benzene rings is 2. The fourth-order valence-corrected chi connectivity index (χ4v) is 3.08. The quantitative estimate of drug-likeness (QED) is 0.596. The summed E-state index contributed by atoms with van der Waals surface area (Å²) in [5.74, 6) is 2.21. The van der Waals surface area contributed by atoms with E-state index in [-0.39, 0.29) is 0 Å². The molecule has 0 aliphatic carbocycles. The van der Waals surface area contributed by atoms with Gasteiger partial charge in [-0.15, -0.1) is 0 Å². The highest BCUT2D eigenvalue weighted by molar-refractivity contribution is 5.99. The molecule has 0 atom stereocenters. The number of aromatic nitrogens is 2. The lowest BCUT2D eigenvalue weighted by Crippen LogP contribution is -2.16. The molecular weight excluding hydrogens is 342 g/mol. The third kappa shape index (κ3) is 2.85. The summed E-state index contributed by atoms with van der Waals surface area (Å²) in [6.45, 7) is 0. The topological polar surface area (TPSA) is 73.3 Å². The van der Waals surface area contributed by atoms with Gasteiger partial charge in [0.05, 0.1) is 25.9 Å². The summed E-state index contributed by atoms with van der Waals surface area (Å²) in [5.41, 5.74) is 3.44. The van der Waals surface area contributed by atoms with Crippen molar-refractivity contribution in [3.05, 3.63) is 60.3 Å². The summed E-state index contributed by atoms with van der Waals surface area (Å²) in [6, 6.07) is 15.4. The number of nitrogens with zero attached hydrogens (tertiary/aromatic N) is 2. The van der Waals surface area contributed by atoms with Gasteiger partial charge >= 0.3 is 0 Å². The Morgan fingerprint density at radius 3 is 2.00 bits per heavy atom. The van der Waals surface area contributed by atoms with E-state index in [9.17, 15) is 0 Å². The average molecular weight is 361 g/mol. The van der Waals surface area contributed by atoms with Crippen molar-refractivity contribution >= 4 is 11.1 Å². The Labute approximate surface area is 156 Å². The van der Waals surface area contributed by atoms with Gasteiger partial charge in [-0.2, -0.15) is 0 Å². The second-order valence-corrected chi connectivity index (χ2v) is 6.15. The van der Waals surface area contributed by atoms with E-state index in [0.717, 1.165) is 28.2 Å². The molecule has 27 heavy (non-hydrogen) atoms. The number of methoxy groups -OCH3 is 2. The Bertz CT molecular complexity index is 1160. The molecule has 4 aromatic rings. The monoisotopic (exact) mass is 361 g/mol. The lowest BCUT2D eigenvalue weighted by molar-refractivity contribution is 0.414. The molecule has 0 spiro atoms. The lowest BCUT2D eigenvalue weighted by atomic mass is 9.99. The van der Waals surface area contributed by atoms with Crippen LogP contribution in [0.3, 0.4) is 0 Å². The fourth-order valence-electron chi connectivity index (χ4n) is 3.08. The van der Waals surface area contributed by atoms with Crippen molar-refractivity contribution in [1.82, 2.24) is 9.55 Å². The van der Waals surface area contributed by atoms with E-state index < -0.39 is 0 Å². The van der Waals surface area contributed by atoms with Crippen LogP contribution in [0.25, 0.3) is 33.6 Å². The van der Waals surface area contributed by atoms with Gasteiger partial charge < -0.3 is 18.5 Å². The van der Waals surface area contributed by atoms with E-state index in [4.69, 9.17) is 19.3 Å². The number of hydrogen-bond acceptors (Lipinski definition) is 5. The minimum Gasteiger partial charge on any atom is -0.497 e. The highest BCUT2D eigenvalue weighted by atomic mass is 16.5. The van der Waals surface area contributed by atoms with Crippen LogP contribution in [-0.2, 0) is 7.05 Å². The van der Waals surface area contributed by atoms with Crippen molar-refractivity contribution in [2.45, 2.75) is 0 Å². The Morgan fingerprint density at radius 2 is 1.44 bits per heavy atom. The van der Waals surface area contributed by atoms with E-state index in [2.05, 4.69) is 4.98 Å². The maximum Gasteiger partial charge on any atom is 0.232 e. The van der Waals surface area contributed by atoms with Crippen molar-refractivity contribution in [1.29, 1.82) is 5.41 Å². The molecule has 0 saturated heterocycles. The summed E-state index contributed by atoms with van der Waals surface area (Å²) in [5, 5.41) is 9.19. The van der Waals surface area contributed by atoms with Gasteiger partial charge in [0, 0.05) is 18.2 Å². The van der Waals surface area contributed by atoms with E-state index in [0.29, 0.717) is 22.3 Å². The summed E-state index contributed by atoms with van der Waals surface area (Å²) in [7, 11) is 5.07. The Morgan fingerprint density at radius 1 is 0.889 bits per heavy atom. The SMILES string of the molecule is COc1ccc(-c2oc3ncn(C)c(=N)c3c2-c2ccc(OC)cc2)cc1. The fraction of sp³-hybridized carbons (Fsp3) is 0.143. The van der Waals surface area contributed by atoms with Gasteiger partial charge in [-0.3, -0.25) is 5.41 Å². The minimum absolute atomic E-state index is 0.342. The van der Waals surface area contributed by atoms with Gasteiger partial charge in [0.2, 0.25) is 5.71 Å². The first-order valence-electron chi connectivity index (χ1n) is 8.44. The van der Waals surface area contributed by atoms with Crippen LogP contribution in [0, 0.1) is 5.41 Å². The molecule has 0 amide bonds. The first-order chi connectivity index (χ1) is 13.1. The van der Waals surface area contributed by atoms with Crippen LogP contribution in [0.2, 0.25) is 0 Å². The third-order valence-corrected chi connectivity index (χ3v) is 4.56. The Kier molecular flexibility index (Phi) is 4.16. The lowest BCUT2D eigenvalue weighted by Gasteiger charge is -2.07. The molecule has 1 N–H and O–H groups in total. The zero-order valence-electron chi connectivity index (χ0n) is 15.3. The number of aryl methyl sites for hydroxylation is 1. The van der Waals surface area contributed by atoms with Crippen LogP contribution < -0.4 is 15.0 Å². The molecule has 2 heterocycles. The molecule has 4 rings (SSSR count). The second-order valence-electron chi connectivity index (χ2n) is 6.15. The normalized spacial score (nSPS) is 10.9. The van der Waals surface area contributed by atoms with E-state index in [1.165, 1.54) is 0 Å². The number of ether oxygens (including phenoxy) is 2. The van der Waals surface area contributed by atoms with Crippen molar-refractivity contribution in [3.8, 4) is 33.9 Å². The molecule has 0 fully saturated rings. The first-order valence-corrected chi connectivity index (χ1v) is 8.44. The number of furan rings is 1. The molecular formula is C21H19N3O3. The second kappa shape index (κ2) is 6.64. The number of hydrogen-bond donors (Lipinski definition) is 1. The first kappa shape index (κ1) is 16.9.